The molecule has 778 valence electrons. The average Bonchev–Trinajstić information content (AvgIpc) is 1.19. The van der Waals surface area contributed by atoms with Crippen LogP contribution in [0.3, 0.4) is 0 Å². The summed E-state index contributed by atoms with van der Waals surface area (Å²) in [6.07, 6.45) is 0.451. The number of sulfone groups is 3. The minimum absolute atomic E-state index is 0.105. The Bertz CT molecular complexity index is 8780. The number of aliphatic carboxylic acids is 5. The van der Waals surface area contributed by atoms with Gasteiger partial charge in [-0.25, -0.2) is 81.6 Å². The zero-order valence-electron chi connectivity index (χ0n) is 79.3. The van der Waals surface area contributed by atoms with Crippen LogP contribution in [0.4, 0.5) is 57.1 Å². The lowest BCUT2D eigenvalue weighted by molar-refractivity contribution is -0.138. The highest BCUT2D eigenvalue weighted by Crippen LogP contribution is 2.48. The highest BCUT2D eigenvalue weighted by atomic mass is 32.2. The SMILES string of the molecule is Cc1c(Cc2cc3c(cc2F)S(=O)(=O)CCC3(F)F)c2cc(F)ccc2n1CC(=O)O.Cc1c(Cc2cc3c(cc2F)S(=O)(=O)N(C)CC3(F)F)c2cc(F)ccc2n1CC(=O)O.Cc1c(Cc2ccc3c(c2)C(F)(F)CN(C)S3(=O)=O)c2cc(F)ccc2n1CC(=O)O.Cc1c(Cc2ccc3c(c2)S(=O)(=O)CC3)c2cc(F)ccc2n1CC(=O)O.Cc1c(Cc2cccc3c2S(=O)(=O)CC3)c2cc(F)ccc2n1CC(=O)O. The van der Waals surface area contributed by atoms with Crippen molar-refractivity contribution in [3.63, 3.8) is 0 Å². The van der Waals surface area contributed by atoms with Gasteiger partial charge in [-0.1, -0.05) is 36.4 Å². The second-order valence-corrected chi connectivity index (χ2v) is 47.0. The zero-order valence-corrected chi connectivity index (χ0v) is 83.4. The molecule has 45 heteroatoms. The molecular formula is C103H90F13N7O20S5. The standard InChI is InChI=1S/C21H18F4N2O4S.C21H17F4NO4S.C21H19F3N2O4S.2C20H18FNO4S/c1-11-14(15-7-13(22)3-4-18(15)27(11)9-20(28)29)5-12-6-16-19(8-17(12)23)32(30,31)26(2)10-21(16,24)25;1-11-14(15-8-13(22)2-3-18(15)26(11)10-20(27)28)6-12-7-16-19(9-17(12)23)31(29,30)5-4-21(16,24)25;1-12-15(16-9-14(22)4-5-18(16)26(12)10-20(27)28)7-13-3-6-19-17(8-13)21(23,24)11-25(2)31(19,29)30;1-12-16(8-13-2-3-14-6-7-27(25,26)19(14)9-13)17-10-15(21)4-5-18(17)22(12)11-20(23)24;1-12-16(9-14-4-2-3-13-7-8-27(25,26)20(13)14)17-10-15(21)5-6-18(17)22(12)11-19(23)24/h3-4,6-8H,5,9-10H2,1-2H3,(H,28,29);2-3,7-9H,4-6,10H2,1H3,(H,27,28);3-6,8-9H,7,10-11H2,1-2H3,(H,27,28);2-5,9-10H,6-8,11H2,1H3,(H,23,24);2-6,10H,7-9,11H2,1H3,(H,23,24). The van der Waals surface area contributed by atoms with Gasteiger partial charge in [0.15, 0.2) is 29.5 Å². The molecule has 5 N–H and O–H groups in total. The summed E-state index contributed by atoms with van der Waals surface area (Å²) in [6.45, 7) is 4.76. The Morgan fingerprint density at radius 1 is 0.311 bits per heavy atom. The van der Waals surface area contributed by atoms with Gasteiger partial charge < -0.3 is 48.4 Å². The Morgan fingerprint density at radius 3 is 1.00 bits per heavy atom. The number of fused-ring (bicyclic) bond motifs is 10. The quantitative estimate of drug-likeness (QED) is 0.0442. The number of sulfonamides is 2. The van der Waals surface area contributed by atoms with Gasteiger partial charge in [-0.3, -0.25) is 24.0 Å². The largest absolute Gasteiger partial charge is 0.480 e. The lowest BCUT2D eigenvalue weighted by Gasteiger charge is -2.31. The Balaban J connectivity index is 0.000000132. The molecule has 0 unspecified atom stereocenters. The first kappa shape index (κ1) is 107. The molecule has 0 bridgehead atoms. The van der Waals surface area contributed by atoms with E-state index in [4.69, 9.17) is 0 Å². The number of benzene rings is 10. The number of rotatable bonds is 20. The summed E-state index contributed by atoms with van der Waals surface area (Å²) in [5, 5.41) is 48.5. The predicted molar refractivity (Wildman–Crippen MR) is 517 cm³/mol. The molecule has 15 aromatic rings. The van der Waals surface area contributed by atoms with Crippen molar-refractivity contribution >= 4 is 134 Å². The van der Waals surface area contributed by atoms with E-state index in [2.05, 4.69) is 0 Å². The van der Waals surface area contributed by atoms with Crippen LogP contribution in [0, 0.1) is 75.3 Å². The Labute approximate surface area is 836 Å². The highest BCUT2D eigenvalue weighted by Gasteiger charge is 2.50. The van der Waals surface area contributed by atoms with Gasteiger partial charge in [-0.05, 0) is 261 Å². The first-order valence-electron chi connectivity index (χ1n) is 45.4. The fourth-order valence-electron chi connectivity index (χ4n) is 20.1. The fourth-order valence-corrected chi connectivity index (χ4v) is 27.9. The molecule has 0 spiro atoms. The van der Waals surface area contributed by atoms with Crippen LogP contribution in [-0.4, -0.2) is 173 Å². The van der Waals surface area contributed by atoms with Gasteiger partial charge in [0.25, 0.3) is 17.8 Å². The number of likely N-dealkylation sites (N-methyl/N-ethyl adjacent to an activating group) is 2. The fraction of sp³-hybridized carbons (Fsp3) is 0.272. The lowest BCUT2D eigenvalue weighted by Crippen LogP contribution is -2.43. The van der Waals surface area contributed by atoms with Gasteiger partial charge in [0.2, 0.25) is 20.0 Å². The van der Waals surface area contributed by atoms with E-state index in [0.717, 1.165) is 77.9 Å². The molecule has 10 heterocycles. The molecule has 5 aliphatic heterocycles. The summed E-state index contributed by atoms with van der Waals surface area (Å²) < 4.78 is 319. The van der Waals surface area contributed by atoms with Crippen molar-refractivity contribution in [2.24, 2.45) is 0 Å². The van der Waals surface area contributed by atoms with Crippen molar-refractivity contribution in [1.29, 1.82) is 0 Å². The molecule has 0 atom stereocenters. The van der Waals surface area contributed by atoms with Crippen LogP contribution in [0.25, 0.3) is 54.5 Å². The number of halogens is 13. The van der Waals surface area contributed by atoms with Crippen molar-refractivity contribution in [2.75, 3.05) is 44.4 Å². The van der Waals surface area contributed by atoms with E-state index in [-0.39, 0.29) is 61.5 Å². The van der Waals surface area contributed by atoms with E-state index in [1.807, 2.05) is 24.3 Å². The first-order valence-corrected chi connectivity index (χ1v) is 53.2. The van der Waals surface area contributed by atoms with Gasteiger partial charge in [0.1, 0.15) is 73.4 Å². The third kappa shape index (κ3) is 20.6. The molecule has 0 saturated heterocycles. The third-order valence-corrected chi connectivity index (χ3v) is 36.5. The van der Waals surface area contributed by atoms with Gasteiger partial charge in [-0.15, -0.1) is 0 Å². The van der Waals surface area contributed by atoms with Crippen LogP contribution in [0.2, 0.25) is 0 Å². The van der Waals surface area contributed by atoms with Crippen molar-refractivity contribution in [1.82, 2.24) is 31.4 Å². The smallest absolute Gasteiger partial charge is 0.323 e. The van der Waals surface area contributed by atoms with Crippen LogP contribution >= 0.6 is 0 Å². The van der Waals surface area contributed by atoms with Gasteiger partial charge in [-0.2, -0.15) is 26.2 Å². The van der Waals surface area contributed by atoms with E-state index < -0.39 is 208 Å². The average molecular weight is 2150 g/mol. The Kier molecular flexibility index (Phi) is 28.6. The van der Waals surface area contributed by atoms with Crippen LogP contribution < -0.4 is 0 Å². The van der Waals surface area contributed by atoms with Crippen LogP contribution in [0.1, 0.15) is 118 Å². The molecular weight excluding hydrogens is 2060 g/mol. The summed E-state index contributed by atoms with van der Waals surface area (Å²) in [6, 6.07) is 37.5. The van der Waals surface area contributed by atoms with Gasteiger partial charge in [0.05, 0.1) is 54.8 Å². The van der Waals surface area contributed by atoms with E-state index in [1.165, 1.54) is 92.6 Å². The summed E-state index contributed by atoms with van der Waals surface area (Å²) in [5.41, 5.74) is 9.33. The molecule has 27 nitrogen and oxygen atoms in total. The first-order chi connectivity index (χ1) is 69.2. The van der Waals surface area contributed by atoms with Crippen molar-refractivity contribution in [3.05, 3.63) is 323 Å². The molecule has 10 aromatic carbocycles. The number of aromatic nitrogens is 5. The van der Waals surface area contributed by atoms with Gasteiger partial charge in [0, 0.05) is 139 Å². The lowest BCUT2D eigenvalue weighted by atomic mass is 9.97. The maximum atomic E-state index is 14.9. The summed E-state index contributed by atoms with van der Waals surface area (Å²) in [4.78, 5) is 55.1. The third-order valence-electron chi connectivity index (χ3n) is 27.4. The second kappa shape index (κ2) is 39.6. The van der Waals surface area contributed by atoms with Gasteiger partial charge >= 0.3 is 29.8 Å². The van der Waals surface area contributed by atoms with E-state index in [1.54, 1.807) is 68.0 Å². The number of hydrogen-bond donors (Lipinski definition) is 5. The predicted octanol–water partition coefficient (Wildman–Crippen LogP) is 17.5. The maximum absolute atomic E-state index is 14.9. The molecule has 0 aliphatic carbocycles. The summed E-state index contributed by atoms with van der Waals surface area (Å²) in [7, 11) is -16.7. The van der Waals surface area contributed by atoms with E-state index in [0.29, 0.717) is 161 Å². The molecule has 0 amide bonds. The number of aryl methyl sites for hydroxylation is 2. The number of carbonyl (C=O) groups is 5. The van der Waals surface area contributed by atoms with E-state index in [9.17, 15) is 149 Å². The van der Waals surface area contributed by atoms with Crippen molar-refractivity contribution < 1.29 is 149 Å². The molecule has 0 radical (unpaired) electrons. The number of carboxylic acid groups (broad SMARTS) is 5. The number of nitrogens with zero attached hydrogens (tertiary/aromatic N) is 7. The Morgan fingerprint density at radius 2 is 0.622 bits per heavy atom. The molecule has 5 aliphatic rings. The van der Waals surface area contributed by atoms with Crippen molar-refractivity contribution in [2.45, 2.75) is 161 Å². The van der Waals surface area contributed by atoms with E-state index >= 15 is 0 Å². The Hall–Kier alpha value is -14.0. The van der Waals surface area contributed by atoms with Crippen LogP contribution in [0.5, 0.6) is 0 Å². The van der Waals surface area contributed by atoms with Crippen LogP contribution in [-0.2, 0) is 169 Å². The highest BCUT2D eigenvalue weighted by molar-refractivity contribution is 7.92. The van der Waals surface area contributed by atoms with Crippen LogP contribution in [0.15, 0.2) is 194 Å². The topological polar surface area (TPSA) is 388 Å². The molecule has 20 rings (SSSR count). The minimum Gasteiger partial charge on any atom is -0.480 e. The summed E-state index contributed by atoms with van der Waals surface area (Å²) >= 11 is 0. The number of alkyl halides is 6. The number of hydrogen-bond acceptors (Lipinski definition) is 15. The maximum Gasteiger partial charge on any atom is 0.323 e. The van der Waals surface area contributed by atoms with Crippen molar-refractivity contribution in [3.8, 4) is 0 Å². The molecule has 0 fully saturated rings. The summed E-state index contributed by atoms with van der Waals surface area (Å²) in [5.74, 6) is -20.7. The second-order valence-electron chi connectivity index (χ2n) is 36.8. The molecule has 5 aromatic heterocycles. The molecule has 0 saturated carbocycles. The number of carboxylic acids is 5. The minimum atomic E-state index is -4.27. The zero-order chi connectivity index (χ0) is 108. The monoisotopic (exact) mass is 2150 g/mol. The normalized spacial score (nSPS) is 16.5. The molecule has 148 heavy (non-hydrogen) atoms.